The fourth-order valence-electron chi connectivity index (χ4n) is 4.05. The molecule has 2 aromatic heterocycles. The van der Waals surface area contributed by atoms with Gasteiger partial charge in [0.15, 0.2) is 0 Å². The summed E-state index contributed by atoms with van der Waals surface area (Å²) in [5.41, 5.74) is 3.16. The Morgan fingerprint density at radius 2 is 2.29 bits per heavy atom. The number of aromatic amines is 1. The number of allylic oxidation sites excluding steroid dienone is 2. The summed E-state index contributed by atoms with van der Waals surface area (Å²) in [6.45, 7) is 9.84. The molecule has 5 nitrogen and oxygen atoms in total. The van der Waals surface area contributed by atoms with Crippen molar-refractivity contribution in [3.05, 3.63) is 49.0 Å². The molecule has 5 heteroatoms. The predicted molar refractivity (Wildman–Crippen MR) is 120 cm³/mol. The average Bonchev–Trinajstić information content (AvgIpc) is 3.16. The smallest absolute Gasteiger partial charge is 0.139 e. The normalized spacial score (nSPS) is 22.4. The number of aromatic nitrogens is 2. The number of H-pyrrole nitrogens is 1. The van der Waals surface area contributed by atoms with Crippen molar-refractivity contribution in [2.75, 3.05) is 18.9 Å². The van der Waals surface area contributed by atoms with Crippen molar-refractivity contribution in [3.63, 3.8) is 0 Å². The van der Waals surface area contributed by atoms with Crippen molar-refractivity contribution in [1.29, 1.82) is 0 Å². The Kier molecular flexibility index (Phi) is 6.55. The minimum Gasteiger partial charge on any atom is -0.388 e. The van der Waals surface area contributed by atoms with Crippen molar-refractivity contribution in [2.45, 2.75) is 46.0 Å². The van der Waals surface area contributed by atoms with E-state index in [1.54, 1.807) is 6.20 Å². The maximum absolute atomic E-state index is 4.43. The minimum atomic E-state index is 0.289. The molecule has 2 heterocycles. The molecule has 0 aromatic carbocycles. The highest BCUT2D eigenvalue weighted by Gasteiger charge is 2.28. The van der Waals surface area contributed by atoms with Gasteiger partial charge in [0.25, 0.3) is 0 Å². The van der Waals surface area contributed by atoms with Crippen LogP contribution in [0, 0.1) is 11.3 Å². The highest BCUT2D eigenvalue weighted by Crippen LogP contribution is 2.36. The van der Waals surface area contributed by atoms with Crippen LogP contribution in [0.25, 0.3) is 11.0 Å². The molecule has 0 bridgehead atoms. The number of hydrogen-bond donors (Lipinski definition) is 3. The van der Waals surface area contributed by atoms with Crippen LogP contribution in [0.2, 0.25) is 0 Å². The van der Waals surface area contributed by atoms with Gasteiger partial charge in [0.05, 0.1) is 5.69 Å². The molecule has 0 spiro atoms. The SMILES string of the molecule is C=C(CC(=NC)Nc1ccnc2[nH]ccc12)NCC1(C)CC=CC(CCC)C1. The highest BCUT2D eigenvalue weighted by atomic mass is 15.0. The summed E-state index contributed by atoms with van der Waals surface area (Å²) in [6.07, 6.45) is 14.0. The van der Waals surface area contributed by atoms with Gasteiger partial charge in [-0.15, -0.1) is 0 Å². The zero-order valence-corrected chi connectivity index (χ0v) is 17.4. The minimum absolute atomic E-state index is 0.289. The first-order valence-electron chi connectivity index (χ1n) is 10.3. The van der Waals surface area contributed by atoms with Gasteiger partial charge in [-0.05, 0) is 42.7 Å². The van der Waals surface area contributed by atoms with Gasteiger partial charge in [-0.3, -0.25) is 4.99 Å². The van der Waals surface area contributed by atoms with Crippen LogP contribution in [-0.4, -0.2) is 29.4 Å². The molecule has 0 fully saturated rings. The largest absolute Gasteiger partial charge is 0.388 e. The van der Waals surface area contributed by atoms with E-state index in [0.717, 1.165) is 41.2 Å². The van der Waals surface area contributed by atoms with Gasteiger partial charge in [-0.2, -0.15) is 0 Å². The predicted octanol–water partition coefficient (Wildman–Crippen LogP) is 5.27. The topological polar surface area (TPSA) is 65.1 Å². The van der Waals surface area contributed by atoms with Gasteiger partial charge < -0.3 is 15.6 Å². The van der Waals surface area contributed by atoms with E-state index in [1.807, 2.05) is 25.4 Å². The summed E-state index contributed by atoms with van der Waals surface area (Å²) in [5.74, 6) is 1.60. The lowest BCUT2D eigenvalue weighted by molar-refractivity contribution is 0.238. The van der Waals surface area contributed by atoms with Crippen molar-refractivity contribution < 1.29 is 0 Å². The summed E-state index contributed by atoms with van der Waals surface area (Å²) >= 11 is 0. The molecule has 2 unspecified atom stereocenters. The van der Waals surface area contributed by atoms with Gasteiger partial charge in [0.1, 0.15) is 11.5 Å². The van der Waals surface area contributed by atoms with Crippen LogP contribution in [-0.2, 0) is 0 Å². The van der Waals surface area contributed by atoms with Gasteiger partial charge >= 0.3 is 0 Å². The number of rotatable bonds is 8. The maximum atomic E-state index is 4.43. The van der Waals surface area contributed by atoms with E-state index in [1.165, 1.54) is 19.3 Å². The van der Waals surface area contributed by atoms with E-state index in [0.29, 0.717) is 12.3 Å². The van der Waals surface area contributed by atoms with Crippen molar-refractivity contribution in [1.82, 2.24) is 15.3 Å². The second-order valence-electron chi connectivity index (χ2n) is 8.22. The average molecular weight is 380 g/mol. The van der Waals surface area contributed by atoms with Crippen molar-refractivity contribution in [3.8, 4) is 0 Å². The van der Waals surface area contributed by atoms with Crippen LogP contribution >= 0.6 is 0 Å². The number of aliphatic imine (C=N–C) groups is 1. The second-order valence-corrected chi connectivity index (χ2v) is 8.22. The van der Waals surface area contributed by atoms with E-state index in [4.69, 9.17) is 0 Å². The highest BCUT2D eigenvalue weighted by molar-refractivity contribution is 6.03. The zero-order chi connectivity index (χ0) is 20.0. The van der Waals surface area contributed by atoms with E-state index >= 15 is 0 Å². The molecule has 1 aliphatic carbocycles. The van der Waals surface area contributed by atoms with E-state index in [2.05, 4.69) is 58.2 Å². The number of amidine groups is 1. The molecule has 2 atom stereocenters. The number of fused-ring (bicyclic) bond motifs is 1. The number of pyridine rings is 1. The Morgan fingerprint density at radius 1 is 1.43 bits per heavy atom. The Balaban J connectivity index is 1.55. The quantitative estimate of drug-likeness (QED) is 0.333. The first-order valence-corrected chi connectivity index (χ1v) is 10.3. The first kappa shape index (κ1) is 20.2. The fraction of sp³-hybridized carbons (Fsp3) is 0.478. The molecular formula is C23H33N5. The van der Waals surface area contributed by atoms with Crippen LogP contribution in [0.4, 0.5) is 5.69 Å². The lowest BCUT2D eigenvalue weighted by Crippen LogP contribution is -2.35. The van der Waals surface area contributed by atoms with E-state index in [-0.39, 0.29) is 5.41 Å². The van der Waals surface area contributed by atoms with Crippen LogP contribution in [0.15, 0.2) is 53.9 Å². The molecule has 0 amide bonds. The molecule has 1 aliphatic rings. The lowest BCUT2D eigenvalue weighted by Gasteiger charge is -2.35. The van der Waals surface area contributed by atoms with Crippen LogP contribution in [0.1, 0.15) is 46.0 Å². The molecule has 3 N–H and O–H groups in total. The summed E-state index contributed by atoms with van der Waals surface area (Å²) in [4.78, 5) is 11.9. The van der Waals surface area contributed by atoms with Gasteiger partial charge in [0.2, 0.25) is 0 Å². The lowest BCUT2D eigenvalue weighted by atomic mass is 9.73. The molecule has 0 saturated heterocycles. The Bertz CT molecular complexity index is 863. The van der Waals surface area contributed by atoms with Gasteiger partial charge in [-0.1, -0.05) is 39.0 Å². The zero-order valence-electron chi connectivity index (χ0n) is 17.4. The number of nitrogens with one attached hydrogen (secondary N) is 3. The van der Waals surface area contributed by atoms with Crippen LogP contribution in [0.3, 0.4) is 0 Å². The molecule has 0 saturated carbocycles. The molecule has 150 valence electrons. The third-order valence-corrected chi connectivity index (χ3v) is 5.59. The van der Waals surface area contributed by atoms with Crippen molar-refractivity contribution >= 4 is 22.6 Å². The monoisotopic (exact) mass is 379 g/mol. The Hall–Kier alpha value is -2.56. The molecule has 2 aromatic rings. The van der Waals surface area contributed by atoms with Gasteiger partial charge in [0, 0.05) is 43.5 Å². The maximum Gasteiger partial charge on any atom is 0.139 e. The number of anilines is 1. The Labute approximate surface area is 168 Å². The summed E-state index contributed by atoms with van der Waals surface area (Å²) < 4.78 is 0. The number of nitrogens with zero attached hydrogens (tertiary/aromatic N) is 2. The standard InChI is InChI=1S/C23H33N5/c1-5-7-18-8-6-11-23(3,15-18)16-27-17(2)14-21(24-4)28-20-10-13-26-22-19(20)9-12-25-22/h6,8-10,12-13,18,27H,2,5,7,11,14-16H2,1,3-4H3,(H2,24,25,26,28). The van der Waals surface area contributed by atoms with Crippen LogP contribution in [0.5, 0.6) is 0 Å². The van der Waals surface area contributed by atoms with Gasteiger partial charge in [-0.25, -0.2) is 4.98 Å². The van der Waals surface area contributed by atoms with E-state index < -0.39 is 0 Å². The molecule has 0 aliphatic heterocycles. The third-order valence-electron chi connectivity index (χ3n) is 5.59. The summed E-state index contributed by atoms with van der Waals surface area (Å²) in [6, 6.07) is 4.00. The second kappa shape index (κ2) is 9.09. The Morgan fingerprint density at radius 3 is 3.07 bits per heavy atom. The fourth-order valence-corrected chi connectivity index (χ4v) is 4.05. The first-order chi connectivity index (χ1) is 13.5. The molecular weight excluding hydrogens is 346 g/mol. The number of hydrogen-bond acceptors (Lipinski definition) is 3. The summed E-state index contributed by atoms with van der Waals surface area (Å²) in [7, 11) is 1.81. The molecule has 3 rings (SSSR count). The molecule has 28 heavy (non-hydrogen) atoms. The van der Waals surface area contributed by atoms with E-state index in [9.17, 15) is 0 Å². The van der Waals surface area contributed by atoms with Crippen LogP contribution < -0.4 is 10.6 Å². The third kappa shape index (κ3) is 5.03. The molecule has 0 radical (unpaired) electrons. The summed E-state index contributed by atoms with van der Waals surface area (Å²) in [5, 5.41) is 8.07. The van der Waals surface area contributed by atoms with Crippen molar-refractivity contribution in [2.24, 2.45) is 16.3 Å².